The fraction of sp³-hybridized carbons (Fsp3) is 0.184. The van der Waals surface area contributed by atoms with Gasteiger partial charge in [-0.25, -0.2) is 0 Å². The second-order valence-electron chi connectivity index (χ2n) is 10.0. The molecule has 5 aromatic carbocycles. The summed E-state index contributed by atoms with van der Waals surface area (Å²) in [4.78, 5) is 0. The van der Waals surface area contributed by atoms with Crippen LogP contribution in [0.3, 0.4) is 0 Å². The maximum Gasteiger partial charge on any atom is 6.00 e. The molecule has 0 nitrogen and oxygen atoms in total. The van der Waals surface area contributed by atoms with Gasteiger partial charge in [0, 0.05) is 0 Å². The molecule has 5 aromatic rings. The summed E-state index contributed by atoms with van der Waals surface area (Å²) in [6.45, 7) is 11.0. The summed E-state index contributed by atoms with van der Waals surface area (Å²) >= 11 is 0. The predicted molar refractivity (Wildman–Crippen MR) is 185 cm³/mol. The fourth-order valence-electron chi connectivity index (χ4n) is 5.12. The number of rotatable bonds is 7. The molecule has 0 N–H and O–H groups in total. The van der Waals surface area contributed by atoms with Crippen LogP contribution in [0.4, 0.5) is 0 Å². The molecule has 0 radical (unpaired) electrons. The van der Waals surface area contributed by atoms with Crippen LogP contribution < -0.4 is 21.2 Å². The zero-order valence-corrected chi connectivity index (χ0v) is 28.6. The van der Waals surface area contributed by atoms with E-state index in [1.807, 2.05) is 0 Å². The van der Waals surface area contributed by atoms with E-state index in [1.165, 1.54) is 61.4 Å². The zero-order chi connectivity index (χ0) is 28.9. The Morgan fingerprint density at radius 3 is 0.878 bits per heavy atom. The van der Waals surface area contributed by atoms with Gasteiger partial charge in [0.25, 0.3) is 0 Å². The molecule has 0 bridgehead atoms. The molecule has 0 unspecified atom stereocenters. The van der Waals surface area contributed by atoms with Crippen molar-refractivity contribution in [1.82, 2.24) is 0 Å². The monoisotopic (exact) mass is 662 g/mol. The second-order valence-corrected chi connectivity index (χ2v) is 15.3. The van der Waals surface area contributed by atoms with Crippen LogP contribution in [0, 0.1) is 47.5 Å². The molecule has 0 amide bonds. The van der Waals surface area contributed by atoms with E-state index in [1.54, 1.807) is 0 Å². The van der Waals surface area contributed by atoms with Gasteiger partial charge in [0.05, 0.1) is 37.1 Å². The number of hydrogen-bond donors (Lipinski definition) is 0. The summed E-state index contributed by atoms with van der Waals surface area (Å²) < 4.78 is 0. The van der Waals surface area contributed by atoms with Crippen molar-refractivity contribution in [3.8, 4) is 6.42 Å². The molecule has 0 aliphatic carbocycles. The average Bonchev–Trinajstić information content (AvgIpc) is 3.19. The Morgan fingerprint density at radius 1 is 0.488 bits per heavy atom. The molecule has 0 aromatic heterocycles. The Hall–Kier alpha value is -2.73. The van der Waals surface area contributed by atoms with Gasteiger partial charge in [-0.05, 0) is 48.5 Å². The first-order chi connectivity index (χ1) is 19.5. The van der Waals surface area contributed by atoms with E-state index >= 15 is 0 Å². The van der Waals surface area contributed by atoms with E-state index in [9.17, 15) is 0 Å². The van der Waals surface area contributed by atoms with Gasteiger partial charge in [0.2, 0.25) is 0 Å². The van der Waals surface area contributed by atoms with Gasteiger partial charge in [-0.1, -0.05) is 107 Å². The molecule has 0 atom stereocenters. The van der Waals surface area contributed by atoms with Crippen LogP contribution in [-0.4, -0.2) is 12.3 Å². The van der Waals surface area contributed by atoms with Crippen molar-refractivity contribution in [3.63, 3.8) is 0 Å². The Labute approximate surface area is 264 Å². The van der Waals surface area contributed by atoms with E-state index in [2.05, 4.69) is 162 Å². The maximum absolute atomic E-state index is 5.25. The molecule has 5 rings (SSSR count). The van der Waals surface area contributed by atoms with Crippen LogP contribution in [0.2, 0.25) is 0 Å². The third kappa shape index (κ3) is 9.39. The molecule has 0 saturated heterocycles. The van der Waals surface area contributed by atoms with Gasteiger partial charge >= 0.3 is 19.5 Å². The smallest absolute Gasteiger partial charge is 0.697 e. The minimum Gasteiger partial charge on any atom is -0.697 e. The predicted octanol–water partition coefficient (Wildman–Crippen LogP) is 7.87. The van der Waals surface area contributed by atoms with Gasteiger partial charge in [-0.3, -0.25) is 0 Å². The average molecular weight is 662 g/mol. The molecule has 206 valence electrons. The first kappa shape index (κ1) is 34.5. The summed E-state index contributed by atoms with van der Waals surface area (Å²) in [6, 6.07) is 44.5. The first-order valence-electron chi connectivity index (χ1n) is 13.9. The quantitative estimate of drug-likeness (QED) is 0.0721. The molecule has 0 saturated carbocycles. The molecule has 3 heteroatoms. The second kappa shape index (κ2) is 17.9. The third-order valence-electron chi connectivity index (χ3n) is 7.93. The van der Waals surface area contributed by atoms with E-state index in [0.717, 1.165) is 0 Å². The Balaban J connectivity index is 0.000000383. The SMILES string of the molecule is Cc1c(C)c(C)[c-](C)c1C.[C-]#C.[Ru+6].c1ccc([PH+](CC[PH+](c2ccccc2)c2ccccc2)c2ccccc2)cc1. The van der Waals surface area contributed by atoms with Crippen molar-refractivity contribution < 1.29 is 19.5 Å². The molecule has 0 aliphatic heterocycles. The van der Waals surface area contributed by atoms with E-state index in [0.29, 0.717) is 0 Å². The molecular formula is C38H42P2Ru+6. The van der Waals surface area contributed by atoms with Crippen molar-refractivity contribution in [1.29, 1.82) is 0 Å². The minimum absolute atomic E-state index is 0. The van der Waals surface area contributed by atoms with E-state index in [4.69, 9.17) is 6.42 Å². The summed E-state index contributed by atoms with van der Waals surface area (Å²) in [5.41, 5.74) is 7.34. The normalized spacial score (nSPS) is 10.2. The van der Waals surface area contributed by atoms with Crippen LogP contribution in [0.1, 0.15) is 27.8 Å². The van der Waals surface area contributed by atoms with Crippen LogP contribution in [0.5, 0.6) is 0 Å². The van der Waals surface area contributed by atoms with Crippen LogP contribution in [-0.2, 0) is 19.5 Å². The number of terminal acetylenes is 1. The molecule has 0 aliphatic rings. The van der Waals surface area contributed by atoms with Crippen LogP contribution >= 0.6 is 15.8 Å². The van der Waals surface area contributed by atoms with E-state index in [-0.39, 0.29) is 19.5 Å². The Morgan fingerprint density at radius 2 is 0.707 bits per heavy atom. The summed E-state index contributed by atoms with van der Waals surface area (Å²) in [6.07, 6.45) is 11.5. The first-order valence-corrected chi connectivity index (χ1v) is 17.3. The van der Waals surface area contributed by atoms with Crippen molar-refractivity contribution in [2.45, 2.75) is 34.6 Å². The molecule has 0 heterocycles. The van der Waals surface area contributed by atoms with Crippen molar-refractivity contribution >= 4 is 37.1 Å². The molecule has 41 heavy (non-hydrogen) atoms. The third-order valence-corrected chi connectivity index (χ3v) is 14.0. The zero-order valence-electron chi connectivity index (χ0n) is 24.9. The van der Waals surface area contributed by atoms with Crippen molar-refractivity contribution in [2.24, 2.45) is 0 Å². The maximum atomic E-state index is 5.25. The molecule has 0 spiro atoms. The fourth-order valence-corrected chi connectivity index (χ4v) is 11.3. The van der Waals surface area contributed by atoms with Gasteiger partial charge < -0.3 is 12.8 Å². The van der Waals surface area contributed by atoms with E-state index < -0.39 is 15.8 Å². The Kier molecular flexibility index (Phi) is 15.1. The standard InChI is InChI=1S/C26H24P2.C10H15.C2H.Ru/c1-5-13-23(14-6-1)27(24-15-7-2-8-16-24)21-22-28(25-17-9-3-10-18-25)26-19-11-4-12-20-26;1-6-7(2)9(4)10(5)8(6)3;1-2;/h1-20H,21-22H2;1-5H3;1H;/q;2*-1;+6/p+2. The summed E-state index contributed by atoms with van der Waals surface area (Å²) in [7, 11) is -1.57. The van der Waals surface area contributed by atoms with Gasteiger partial charge in [0.1, 0.15) is 12.3 Å². The summed E-state index contributed by atoms with van der Waals surface area (Å²) in [5, 5.41) is 6.06. The van der Waals surface area contributed by atoms with Crippen LogP contribution in [0.15, 0.2) is 121 Å². The Bertz CT molecular complexity index is 1200. The van der Waals surface area contributed by atoms with Gasteiger partial charge in [0.15, 0.2) is 0 Å². The van der Waals surface area contributed by atoms with Gasteiger partial charge in [-0.2, -0.15) is 27.8 Å². The molecular weight excluding hydrogens is 619 g/mol. The number of hydrogen-bond acceptors (Lipinski definition) is 0. The van der Waals surface area contributed by atoms with Crippen molar-refractivity contribution in [3.05, 3.63) is 156 Å². The molecule has 0 fully saturated rings. The van der Waals surface area contributed by atoms with Gasteiger partial charge in [-0.15, -0.1) is 0 Å². The largest absolute Gasteiger partial charge is 6.00 e. The topological polar surface area (TPSA) is 0 Å². The van der Waals surface area contributed by atoms with Crippen molar-refractivity contribution in [2.75, 3.05) is 12.3 Å². The number of benzene rings is 4. The minimum atomic E-state index is -0.783. The summed E-state index contributed by atoms with van der Waals surface area (Å²) in [5.74, 6) is 0. The van der Waals surface area contributed by atoms with Crippen LogP contribution in [0.25, 0.3) is 0 Å².